The predicted molar refractivity (Wildman–Crippen MR) is 38.4 cm³/mol. The average molecular weight is 160 g/mol. The summed E-state index contributed by atoms with van der Waals surface area (Å²) in [6.07, 6.45) is 2.70. The minimum absolute atomic E-state index is 0.118. The third-order valence-electron chi connectivity index (χ3n) is 1.71. The van der Waals surface area contributed by atoms with Gasteiger partial charge in [0.05, 0.1) is 6.61 Å². The fourth-order valence-electron chi connectivity index (χ4n) is 1.06. The molecule has 0 spiro atoms. The Morgan fingerprint density at radius 1 is 1.64 bits per heavy atom. The molecule has 0 radical (unpaired) electrons. The molecule has 62 valence electrons. The van der Waals surface area contributed by atoms with Gasteiger partial charge in [0.2, 0.25) is 6.43 Å². The molecule has 1 nitrogen and oxygen atoms in total. The van der Waals surface area contributed by atoms with Gasteiger partial charge in [-0.1, -0.05) is 18.2 Å². The minimum Gasteiger partial charge on any atom is -0.392 e. The van der Waals surface area contributed by atoms with E-state index < -0.39 is 12.3 Å². The largest absolute Gasteiger partial charge is 0.392 e. The summed E-state index contributed by atoms with van der Waals surface area (Å²) in [5, 5.41) is 8.64. The van der Waals surface area contributed by atoms with Crippen LogP contribution in [0.3, 0.4) is 0 Å². The molecule has 0 aromatic heterocycles. The van der Waals surface area contributed by atoms with E-state index in [9.17, 15) is 8.78 Å². The van der Waals surface area contributed by atoms with Crippen molar-refractivity contribution < 1.29 is 13.9 Å². The summed E-state index contributed by atoms with van der Waals surface area (Å²) in [7, 11) is 0. The first kappa shape index (κ1) is 8.40. The number of halogens is 2. The molecule has 0 aliphatic heterocycles. The first-order valence-electron chi connectivity index (χ1n) is 3.49. The number of hydrogen-bond donors (Lipinski definition) is 1. The maximum absolute atomic E-state index is 12.1. The molecule has 11 heavy (non-hydrogen) atoms. The van der Waals surface area contributed by atoms with Crippen molar-refractivity contribution in [1.82, 2.24) is 0 Å². The number of hydrogen-bond acceptors (Lipinski definition) is 1. The number of alkyl halides is 2. The summed E-state index contributed by atoms with van der Waals surface area (Å²) in [6.45, 7) is -0.118. The van der Waals surface area contributed by atoms with Crippen molar-refractivity contribution in [3.05, 3.63) is 23.8 Å². The molecule has 0 aromatic carbocycles. The summed E-state index contributed by atoms with van der Waals surface area (Å²) in [6, 6.07) is 0. The van der Waals surface area contributed by atoms with Gasteiger partial charge in [-0.15, -0.1) is 0 Å². The molecule has 0 heterocycles. The van der Waals surface area contributed by atoms with Gasteiger partial charge in [0.25, 0.3) is 0 Å². The fraction of sp³-hybridized carbons (Fsp3) is 0.500. The summed E-state index contributed by atoms with van der Waals surface area (Å²) < 4.78 is 24.1. The molecular weight excluding hydrogens is 150 g/mol. The Hall–Kier alpha value is -0.700. The maximum Gasteiger partial charge on any atom is 0.245 e. The summed E-state index contributed by atoms with van der Waals surface area (Å²) in [5.41, 5.74) is 0.679. The second-order valence-corrected chi connectivity index (χ2v) is 2.57. The van der Waals surface area contributed by atoms with Gasteiger partial charge in [0.15, 0.2) is 0 Å². The number of aliphatic hydroxyl groups excluding tert-OH is 1. The molecule has 1 aliphatic carbocycles. The molecule has 0 aromatic rings. The molecule has 1 aliphatic rings. The minimum atomic E-state index is -2.32. The molecule has 1 N–H and O–H groups in total. The molecule has 0 amide bonds. The lowest BCUT2D eigenvalue weighted by Gasteiger charge is -2.15. The van der Waals surface area contributed by atoms with Crippen molar-refractivity contribution in [2.45, 2.75) is 12.8 Å². The molecule has 0 unspecified atom stereocenters. The molecule has 0 saturated carbocycles. The molecule has 3 heteroatoms. The number of allylic oxidation sites excluding steroid dienone is 3. The fourth-order valence-corrected chi connectivity index (χ4v) is 1.06. The highest BCUT2D eigenvalue weighted by Crippen LogP contribution is 2.23. The highest BCUT2D eigenvalue weighted by Gasteiger charge is 2.19. The second-order valence-electron chi connectivity index (χ2n) is 2.57. The van der Waals surface area contributed by atoms with Gasteiger partial charge in [-0.25, -0.2) is 8.78 Å². The average Bonchev–Trinajstić information content (AvgIpc) is 2.05. The second kappa shape index (κ2) is 3.62. The van der Waals surface area contributed by atoms with Crippen LogP contribution in [0.4, 0.5) is 8.78 Å². The van der Waals surface area contributed by atoms with Crippen LogP contribution in [-0.2, 0) is 0 Å². The molecule has 0 saturated heterocycles. The molecule has 0 bridgehead atoms. The van der Waals surface area contributed by atoms with Crippen LogP contribution in [0.1, 0.15) is 6.42 Å². The Kier molecular flexibility index (Phi) is 2.76. The first-order valence-corrected chi connectivity index (χ1v) is 3.49. The Labute approximate surface area is 64.0 Å². The van der Waals surface area contributed by atoms with Gasteiger partial charge in [-0.2, -0.15) is 0 Å². The van der Waals surface area contributed by atoms with Gasteiger partial charge in [0, 0.05) is 5.92 Å². The van der Waals surface area contributed by atoms with Crippen LogP contribution >= 0.6 is 0 Å². The van der Waals surface area contributed by atoms with Crippen molar-refractivity contribution in [3.8, 4) is 0 Å². The van der Waals surface area contributed by atoms with Crippen LogP contribution in [0.2, 0.25) is 0 Å². The monoisotopic (exact) mass is 160 g/mol. The van der Waals surface area contributed by atoms with Gasteiger partial charge in [-0.05, 0) is 12.0 Å². The van der Waals surface area contributed by atoms with Crippen LogP contribution in [0.5, 0.6) is 0 Å². The van der Waals surface area contributed by atoms with E-state index in [4.69, 9.17) is 5.11 Å². The van der Waals surface area contributed by atoms with E-state index in [1.807, 2.05) is 0 Å². The highest BCUT2D eigenvalue weighted by molar-refractivity contribution is 5.20. The summed E-state index contributed by atoms with van der Waals surface area (Å²) in [5.74, 6) is -0.706. The lowest BCUT2D eigenvalue weighted by molar-refractivity contribution is 0.0980. The zero-order chi connectivity index (χ0) is 8.27. The predicted octanol–water partition coefficient (Wildman–Crippen LogP) is 1.75. The van der Waals surface area contributed by atoms with E-state index in [0.717, 1.165) is 0 Å². The van der Waals surface area contributed by atoms with E-state index in [1.165, 1.54) is 6.08 Å². The standard InChI is InChI=1S/C8H10F2O/c9-8(10)7-3-1-2-6(4-7)5-11/h1-3,7-8,11H,4-5H2/t7-/m0/s1. The van der Waals surface area contributed by atoms with Gasteiger partial charge in [0.1, 0.15) is 0 Å². The quantitative estimate of drug-likeness (QED) is 0.652. The zero-order valence-electron chi connectivity index (χ0n) is 6.00. The van der Waals surface area contributed by atoms with E-state index in [1.54, 1.807) is 12.2 Å². The van der Waals surface area contributed by atoms with Crippen molar-refractivity contribution in [3.63, 3.8) is 0 Å². The summed E-state index contributed by atoms with van der Waals surface area (Å²) in [4.78, 5) is 0. The first-order chi connectivity index (χ1) is 5.24. The Bertz CT molecular complexity index is 185. The number of aliphatic hydroxyl groups is 1. The van der Waals surface area contributed by atoms with Crippen molar-refractivity contribution in [2.24, 2.45) is 5.92 Å². The smallest absolute Gasteiger partial charge is 0.245 e. The molecular formula is C8H10F2O. The van der Waals surface area contributed by atoms with E-state index in [2.05, 4.69) is 0 Å². The van der Waals surface area contributed by atoms with E-state index in [-0.39, 0.29) is 13.0 Å². The Balaban J connectivity index is 2.55. The number of rotatable bonds is 2. The van der Waals surface area contributed by atoms with E-state index in [0.29, 0.717) is 5.57 Å². The molecule has 1 rings (SSSR count). The Morgan fingerprint density at radius 3 is 2.91 bits per heavy atom. The van der Waals surface area contributed by atoms with E-state index >= 15 is 0 Å². The summed E-state index contributed by atoms with van der Waals surface area (Å²) >= 11 is 0. The van der Waals surface area contributed by atoms with Gasteiger partial charge < -0.3 is 5.11 Å². The topological polar surface area (TPSA) is 20.2 Å². The van der Waals surface area contributed by atoms with Crippen LogP contribution in [0.25, 0.3) is 0 Å². The SMILES string of the molecule is OCC1=CC=C[C@H](C(F)F)C1. The Morgan fingerprint density at radius 2 is 2.36 bits per heavy atom. The highest BCUT2D eigenvalue weighted by atomic mass is 19.3. The molecule has 1 atom stereocenters. The van der Waals surface area contributed by atoms with Crippen LogP contribution in [0.15, 0.2) is 23.8 Å². The lowest BCUT2D eigenvalue weighted by atomic mass is 9.95. The van der Waals surface area contributed by atoms with Crippen LogP contribution in [-0.4, -0.2) is 18.1 Å². The third-order valence-corrected chi connectivity index (χ3v) is 1.71. The van der Waals surface area contributed by atoms with Crippen LogP contribution < -0.4 is 0 Å². The van der Waals surface area contributed by atoms with Crippen molar-refractivity contribution >= 4 is 0 Å². The van der Waals surface area contributed by atoms with Crippen LogP contribution in [0, 0.1) is 5.92 Å². The van der Waals surface area contributed by atoms with Gasteiger partial charge >= 0.3 is 0 Å². The lowest BCUT2D eigenvalue weighted by Crippen LogP contribution is -2.12. The van der Waals surface area contributed by atoms with Crippen molar-refractivity contribution in [2.75, 3.05) is 6.61 Å². The third kappa shape index (κ3) is 2.12. The van der Waals surface area contributed by atoms with Crippen molar-refractivity contribution in [1.29, 1.82) is 0 Å². The normalized spacial score (nSPS) is 24.0. The molecule has 0 fully saturated rings. The zero-order valence-corrected chi connectivity index (χ0v) is 6.00. The maximum atomic E-state index is 12.1. The van der Waals surface area contributed by atoms with Gasteiger partial charge in [-0.3, -0.25) is 0 Å².